The second-order valence-electron chi connectivity index (χ2n) is 9.64. The number of hydrogen-bond acceptors (Lipinski definition) is 8. The number of carbonyl (C=O) groups is 5. The van der Waals surface area contributed by atoms with Crippen molar-refractivity contribution in [2.75, 3.05) is 18.1 Å². The fourth-order valence-electron chi connectivity index (χ4n) is 3.75. The van der Waals surface area contributed by atoms with Gasteiger partial charge in [-0.15, -0.1) is 0 Å². The fourth-order valence-corrected chi connectivity index (χ4v) is 5.83. The highest BCUT2D eigenvalue weighted by atomic mass is 33.1. The van der Waals surface area contributed by atoms with Gasteiger partial charge in [0.25, 0.3) is 0 Å². The molecule has 4 amide bonds. The molecule has 36 heavy (non-hydrogen) atoms. The van der Waals surface area contributed by atoms with Crippen LogP contribution in [-0.2, 0) is 28.7 Å². The van der Waals surface area contributed by atoms with Crippen LogP contribution in [0.15, 0.2) is 12.2 Å². The van der Waals surface area contributed by atoms with Crippen LogP contribution in [0.1, 0.15) is 53.4 Å². The van der Waals surface area contributed by atoms with E-state index in [1.165, 1.54) is 0 Å². The van der Waals surface area contributed by atoms with Gasteiger partial charge in [0, 0.05) is 11.5 Å². The van der Waals surface area contributed by atoms with Gasteiger partial charge >= 0.3 is 5.97 Å². The Morgan fingerprint density at radius 2 is 1.67 bits per heavy atom. The van der Waals surface area contributed by atoms with E-state index < -0.39 is 60.4 Å². The molecular weight excluding hydrogens is 504 g/mol. The maximum Gasteiger partial charge on any atom is 0.326 e. The lowest BCUT2D eigenvalue weighted by molar-refractivity contribution is -0.148. The summed E-state index contributed by atoms with van der Waals surface area (Å²) < 4.78 is 5.46. The molecule has 2 aliphatic rings. The lowest BCUT2D eigenvalue weighted by Gasteiger charge is -2.28. The average molecular weight is 543 g/mol. The Hall–Kier alpha value is -2.21. The van der Waals surface area contributed by atoms with Crippen molar-refractivity contribution in [1.82, 2.24) is 21.3 Å². The van der Waals surface area contributed by atoms with Gasteiger partial charge in [-0.05, 0) is 37.2 Å². The molecule has 0 aromatic heterocycles. The summed E-state index contributed by atoms with van der Waals surface area (Å²) in [6, 6.07) is -2.65. The third-order valence-electron chi connectivity index (χ3n) is 5.61. The van der Waals surface area contributed by atoms with Gasteiger partial charge in [-0.3, -0.25) is 24.0 Å². The summed E-state index contributed by atoms with van der Waals surface area (Å²) in [6.07, 6.45) is 3.92. The monoisotopic (exact) mass is 542 g/mol. The molecule has 0 radical (unpaired) electrons. The highest BCUT2D eigenvalue weighted by molar-refractivity contribution is 8.76. The van der Waals surface area contributed by atoms with E-state index in [0.29, 0.717) is 25.0 Å². The maximum atomic E-state index is 13.3. The predicted octanol–water partition coefficient (Wildman–Crippen LogP) is 1.31. The first-order chi connectivity index (χ1) is 17.1. The van der Waals surface area contributed by atoms with Crippen LogP contribution in [0, 0.1) is 11.8 Å². The normalized spacial score (nSPS) is 28.8. The highest BCUT2D eigenvalue weighted by Crippen LogP contribution is 2.24. The molecule has 0 unspecified atom stereocenters. The van der Waals surface area contributed by atoms with Crippen molar-refractivity contribution in [2.24, 2.45) is 11.8 Å². The molecule has 2 heterocycles. The molecule has 12 heteroatoms. The third kappa shape index (κ3) is 10.4. The third-order valence-corrected chi connectivity index (χ3v) is 8.08. The lowest BCUT2D eigenvalue weighted by Crippen LogP contribution is -2.58. The minimum atomic E-state index is -0.885. The van der Waals surface area contributed by atoms with Crippen molar-refractivity contribution in [3.8, 4) is 0 Å². The molecule has 10 nitrogen and oxygen atoms in total. The molecule has 1 saturated heterocycles. The van der Waals surface area contributed by atoms with Crippen molar-refractivity contribution in [3.05, 3.63) is 12.2 Å². The standard InChI is InChI=1S/C24H38N4O6S2/c1-14(2)11-18-22(31)25-13-20(30)34-16-7-5-6-9-35-36-10-8-17(23(32)27-18)26-24(33)21(15(3)4)28-19(29)12-16/h5,7,14-18,21H,6,8-13H2,1-4H3,(H,25,31)(H,26,33)(H,27,32)(H,28,29)/b7-5+/t16-,17-,18-,21-/m1/s1. The van der Waals surface area contributed by atoms with E-state index in [1.807, 2.05) is 19.9 Å². The Bertz CT molecular complexity index is 835. The average Bonchev–Trinajstić information content (AvgIpc) is 2.79. The molecule has 4 N–H and O–H groups in total. The van der Waals surface area contributed by atoms with Gasteiger partial charge < -0.3 is 26.0 Å². The zero-order chi connectivity index (χ0) is 26.7. The summed E-state index contributed by atoms with van der Waals surface area (Å²) in [5.74, 6) is -1.41. The summed E-state index contributed by atoms with van der Waals surface area (Å²) in [4.78, 5) is 64.6. The Labute approximate surface area is 220 Å². The molecule has 202 valence electrons. The van der Waals surface area contributed by atoms with Gasteiger partial charge in [0.2, 0.25) is 23.6 Å². The van der Waals surface area contributed by atoms with Crippen LogP contribution in [0.25, 0.3) is 0 Å². The summed E-state index contributed by atoms with van der Waals surface area (Å²) >= 11 is 0. The molecule has 0 saturated carbocycles. The molecule has 2 bridgehead atoms. The first-order valence-corrected chi connectivity index (χ1v) is 14.8. The maximum absolute atomic E-state index is 13.3. The van der Waals surface area contributed by atoms with Gasteiger partial charge in [0.1, 0.15) is 30.8 Å². The second-order valence-corrected chi connectivity index (χ2v) is 12.3. The Morgan fingerprint density at radius 3 is 2.36 bits per heavy atom. The van der Waals surface area contributed by atoms with Crippen LogP contribution in [0.3, 0.4) is 0 Å². The number of rotatable bonds is 3. The molecule has 0 aliphatic carbocycles. The van der Waals surface area contributed by atoms with Crippen LogP contribution >= 0.6 is 21.6 Å². The van der Waals surface area contributed by atoms with E-state index in [2.05, 4.69) is 21.3 Å². The number of esters is 1. The number of carbonyl (C=O) groups excluding carboxylic acids is 5. The largest absolute Gasteiger partial charge is 0.456 e. The van der Waals surface area contributed by atoms with Gasteiger partial charge in [-0.1, -0.05) is 55.4 Å². The Balaban J connectivity index is 2.45. The Kier molecular flexibility index (Phi) is 12.6. The molecule has 0 aromatic rings. The quantitative estimate of drug-likeness (QED) is 0.238. The zero-order valence-corrected chi connectivity index (χ0v) is 23.0. The summed E-state index contributed by atoms with van der Waals surface area (Å²) in [5.41, 5.74) is 0. The van der Waals surface area contributed by atoms with Crippen LogP contribution < -0.4 is 21.3 Å². The molecule has 4 atom stereocenters. The minimum absolute atomic E-state index is 0.0894. The summed E-state index contributed by atoms with van der Waals surface area (Å²) in [6.45, 7) is 7.04. The minimum Gasteiger partial charge on any atom is -0.456 e. The molecule has 1 fully saturated rings. The number of ether oxygens (including phenoxy) is 1. The first kappa shape index (κ1) is 30.0. The smallest absolute Gasteiger partial charge is 0.326 e. The number of nitrogens with one attached hydrogen (secondary N) is 4. The van der Waals surface area contributed by atoms with Crippen molar-refractivity contribution in [2.45, 2.75) is 77.6 Å². The second kappa shape index (κ2) is 15.1. The van der Waals surface area contributed by atoms with Crippen molar-refractivity contribution in [3.63, 3.8) is 0 Å². The molecule has 0 spiro atoms. The number of hydrogen-bond donors (Lipinski definition) is 4. The van der Waals surface area contributed by atoms with E-state index in [0.717, 1.165) is 5.75 Å². The zero-order valence-electron chi connectivity index (χ0n) is 21.3. The summed E-state index contributed by atoms with van der Waals surface area (Å²) in [5, 5.41) is 10.8. The van der Waals surface area contributed by atoms with E-state index in [1.54, 1.807) is 41.5 Å². The molecule has 0 aromatic carbocycles. The van der Waals surface area contributed by atoms with Crippen molar-refractivity contribution in [1.29, 1.82) is 0 Å². The van der Waals surface area contributed by atoms with Gasteiger partial charge in [-0.25, -0.2) is 0 Å². The summed E-state index contributed by atoms with van der Waals surface area (Å²) in [7, 11) is 3.23. The molecule has 2 rings (SSSR count). The van der Waals surface area contributed by atoms with Crippen molar-refractivity contribution < 1.29 is 28.7 Å². The van der Waals surface area contributed by atoms with Crippen LogP contribution in [0.5, 0.6) is 0 Å². The van der Waals surface area contributed by atoms with Crippen LogP contribution in [0.4, 0.5) is 0 Å². The number of amides is 4. The van der Waals surface area contributed by atoms with Crippen LogP contribution in [-0.4, -0.2) is 71.9 Å². The van der Waals surface area contributed by atoms with Gasteiger partial charge in [0.05, 0.1) is 6.42 Å². The van der Waals surface area contributed by atoms with E-state index >= 15 is 0 Å². The van der Waals surface area contributed by atoms with E-state index in [9.17, 15) is 24.0 Å². The fraction of sp³-hybridized carbons (Fsp3) is 0.708. The SMILES string of the molecule is CC(C)C[C@H]1NC(=O)[C@H]2CCSSCC/C=C/[C@H](CC(=O)N[C@H](C(C)C)C(=O)N2)OC(=O)CNC1=O. The Morgan fingerprint density at radius 1 is 0.944 bits per heavy atom. The molecular formula is C24H38N4O6S2. The highest BCUT2D eigenvalue weighted by Gasteiger charge is 2.32. The first-order valence-electron chi connectivity index (χ1n) is 12.3. The molecule has 2 aliphatic heterocycles. The van der Waals surface area contributed by atoms with E-state index in [-0.39, 0.29) is 18.3 Å². The predicted molar refractivity (Wildman–Crippen MR) is 141 cm³/mol. The topological polar surface area (TPSA) is 143 Å². The van der Waals surface area contributed by atoms with Gasteiger partial charge in [0.15, 0.2) is 0 Å². The number of fused-ring (bicyclic) bond motifs is 7. The van der Waals surface area contributed by atoms with Crippen LogP contribution in [0.2, 0.25) is 0 Å². The lowest BCUT2D eigenvalue weighted by atomic mass is 10.0. The van der Waals surface area contributed by atoms with E-state index in [4.69, 9.17) is 4.74 Å². The number of allylic oxidation sites excluding steroid dienone is 1. The van der Waals surface area contributed by atoms with Gasteiger partial charge in [-0.2, -0.15) is 0 Å². The van der Waals surface area contributed by atoms with Crippen molar-refractivity contribution >= 4 is 51.2 Å².